The van der Waals surface area contributed by atoms with Crippen LogP contribution in [0, 0.1) is 6.92 Å². The first kappa shape index (κ1) is 16.3. The molecule has 1 N–H and O–H groups in total. The molecule has 0 atom stereocenters. The molecule has 0 fully saturated rings. The molecule has 0 spiro atoms. The average molecular weight is 345 g/mol. The lowest BCUT2D eigenvalue weighted by Gasteiger charge is -2.03. The van der Waals surface area contributed by atoms with Gasteiger partial charge in [-0.25, -0.2) is 0 Å². The molecule has 2 nitrogen and oxygen atoms in total. The Hall–Kier alpha value is -0.770. The van der Waals surface area contributed by atoms with E-state index in [4.69, 9.17) is 4.42 Å². The molecule has 0 radical (unpaired) electrons. The first-order valence-corrected chi connectivity index (χ1v) is 7.06. The van der Waals surface area contributed by atoms with Crippen LogP contribution in [0.25, 0.3) is 11.3 Å². The summed E-state index contributed by atoms with van der Waals surface area (Å²) in [5, 5.41) is 3.34. The van der Waals surface area contributed by atoms with E-state index in [9.17, 15) is 0 Å². The molecule has 0 bridgehead atoms. The van der Waals surface area contributed by atoms with E-state index in [1.165, 1.54) is 5.56 Å². The largest absolute Gasteiger partial charge is 0.460 e. The molecule has 1 aromatic heterocycles. The van der Waals surface area contributed by atoms with E-state index >= 15 is 0 Å². The summed E-state index contributed by atoms with van der Waals surface area (Å²) < 4.78 is 6.96. The highest BCUT2D eigenvalue weighted by Gasteiger charge is 2.07. The monoisotopic (exact) mass is 343 g/mol. The fourth-order valence-electron chi connectivity index (χ4n) is 1.91. The lowest BCUT2D eigenvalue weighted by atomic mass is 10.1. The fourth-order valence-corrected chi connectivity index (χ4v) is 2.39. The molecule has 0 saturated carbocycles. The second-order valence-electron chi connectivity index (χ2n) is 4.40. The van der Waals surface area contributed by atoms with Gasteiger partial charge in [0.2, 0.25) is 0 Å². The van der Waals surface area contributed by atoms with Gasteiger partial charge in [-0.3, -0.25) is 0 Å². The van der Waals surface area contributed by atoms with Gasteiger partial charge >= 0.3 is 0 Å². The summed E-state index contributed by atoms with van der Waals surface area (Å²) >= 11 is 3.48. The van der Waals surface area contributed by atoms with Crippen molar-refractivity contribution in [3.8, 4) is 11.3 Å². The van der Waals surface area contributed by atoms with Gasteiger partial charge in [0.15, 0.2) is 0 Å². The Morgan fingerprint density at radius 3 is 2.68 bits per heavy atom. The van der Waals surface area contributed by atoms with Gasteiger partial charge in [-0.2, -0.15) is 0 Å². The number of hydrogen-bond acceptors (Lipinski definition) is 2. The molecule has 2 aromatic rings. The van der Waals surface area contributed by atoms with E-state index in [0.717, 1.165) is 41.1 Å². The van der Waals surface area contributed by atoms with Gasteiger partial charge in [0.05, 0.1) is 6.54 Å². The normalized spacial score (nSPS) is 10.3. The third-order valence-electron chi connectivity index (χ3n) is 2.84. The first-order valence-electron chi connectivity index (χ1n) is 6.26. The van der Waals surface area contributed by atoms with Crippen LogP contribution in [-0.2, 0) is 6.54 Å². The van der Waals surface area contributed by atoms with E-state index in [1.807, 2.05) is 18.2 Å². The predicted octanol–water partition coefficient (Wildman–Crippen LogP) is 4.94. The molecule has 4 heteroatoms. The Kier molecular flexibility index (Phi) is 6.63. The Balaban J connectivity index is 0.00000180. The van der Waals surface area contributed by atoms with E-state index in [0.29, 0.717) is 0 Å². The fraction of sp³-hybridized carbons (Fsp3) is 0.333. The lowest BCUT2D eigenvalue weighted by Crippen LogP contribution is -2.12. The van der Waals surface area contributed by atoms with Gasteiger partial charge in [0.1, 0.15) is 11.5 Å². The lowest BCUT2D eigenvalue weighted by molar-refractivity contribution is 0.493. The summed E-state index contributed by atoms with van der Waals surface area (Å²) in [6.45, 7) is 6.07. The molecule has 2 rings (SSSR count). The van der Waals surface area contributed by atoms with Crippen LogP contribution < -0.4 is 5.32 Å². The van der Waals surface area contributed by atoms with E-state index in [1.54, 1.807) is 0 Å². The number of furan rings is 1. The Morgan fingerprint density at radius 1 is 1.21 bits per heavy atom. The summed E-state index contributed by atoms with van der Waals surface area (Å²) in [7, 11) is 0. The summed E-state index contributed by atoms with van der Waals surface area (Å²) in [6.07, 6.45) is 1.14. The van der Waals surface area contributed by atoms with Crippen molar-refractivity contribution in [1.29, 1.82) is 0 Å². The van der Waals surface area contributed by atoms with Crippen molar-refractivity contribution < 1.29 is 4.42 Å². The molecule has 1 heterocycles. The first-order chi connectivity index (χ1) is 8.70. The second kappa shape index (κ2) is 7.73. The van der Waals surface area contributed by atoms with Crippen molar-refractivity contribution in [2.45, 2.75) is 26.8 Å². The number of halogens is 2. The van der Waals surface area contributed by atoms with Crippen molar-refractivity contribution in [2.24, 2.45) is 0 Å². The molecular formula is C15H19BrClNO. The molecule has 0 amide bonds. The maximum atomic E-state index is 5.86. The molecule has 0 aliphatic rings. The third-order valence-corrected chi connectivity index (χ3v) is 3.33. The van der Waals surface area contributed by atoms with Crippen LogP contribution in [-0.4, -0.2) is 6.54 Å². The van der Waals surface area contributed by atoms with Gasteiger partial charge in [-0.1, -0.05) is 22.9 Å². The third kappa shape index (κ3) is 4.37. The zero-order valence-electron chi connectivity index (χ0n) is 11.2. The van der Waals surface area contributed by atoms with Gasteiger partial charge < -0.3 is 9.73 Å². The van der Waals surface area contributed by atoms with E-state index in [2.05, 4.69) is 47.2 Å². The van der Waals surface area contributed by atoms with Crippen molar-refractivity contribution >= 4 is 28.3 Å². The predicted molar refractivity (Wildman–Crippen MR) is 85.8 cm³/mol. The number of hydrogen-bond donors (Lipinski definition) is 1. The molecule has 19 heavy (non-hydrogen) atoms. The van der Waals surface area contributed by atoms with Crippen LogP contribution >= 0.6 is 28.3 Å². The molecule has 0 aliphatic heterocycles. The number of benzene rings is 1. The van der Waals surface area contributed by atoms with E-state index < -0.39 is 0 Å². The zero-order chi connectivity index (χ0) is 13.0. The van der Waals surface area contributed by atoms with Crippen molar-refractivity contribution in [2.75, 3.05) is 6.54 Å². The zero-order valence-corrected chi connectivity index (χ0v) is 13.6. The van der Waals surface area contributed by atoms with Gasteiger partial charge in [-0.15, -0.1) is 12.4 Å². The highest BCUT2D eigenvalue weighted by Crippen LogP contribution is 2.27. The van der Waals surface area contributed by atoms with Crippen molar-refractivity contribution in [3.63, 3.8) is 0 Å². The number of rotatable bonds is 5. The molecular weight excluding hydrogens is 326 g/mol. The van der Waals surface area contributed by atoms with Crippen LogP contribution in [0.3, 0.4) is 0 Å². The Bertz CT molecular complexity index is 525. The van der Waals surface area contributed by atoms with Crippen molar-refractivity contribution in [3.05, 3.63) is 46.1 Å². The minimum absolute atomic E-state index is 0. The maximum Gasteiger partial charge on any atom is 0.134 e. The Labute approximate surface area is 129 Å². The minimum Gasteiger partial charge on any atom is -0.460 e. The minimum atomic E-state index is 0. The van der Waals surface area contributed by atoms with Gasteiger partial charge in [-0.05, 0) is 55.8 Å². The highest BCUT2D eigenvalue weighted by atomic mass is 79.9. The topological polar surface area (TPSA) is 25.2 Å². The molecule has 0 saturated heterocycles. The van der Waals surface area contributed by atoms with Crippen LogP contribution in [0.1, 0.15) is 24.7 Å². The maximum absolute atomic E-state index is 5.86. The smallest absolute Gasteiger partial charge is 0.134 e. The molecule has 104 valence electrons. The average Bonchev–Trinajstić information content (AvgIpc) is 2.78. The van der Waals surface area contributed by atoms with Gasteiger partial charge in [0, 0.05) is 10.0 Å². The standard InChI is InChI=1S/C15H18BrNO.ClH/c1-3-8-17-10-13-5-7-15(18-13)14-6-4-12(16)9-11(14)2;/h4-7,9,17H,3,8,10H2,1-2H3;1H. The van der Waals surface area contributed by atoms with Gasteiger partial charge in [0.25, 0.3) is 0 Å². The quantitative estimate of drug-likeness (QED) is 0.777. The van der Waals surface area contributed by atoms with Crippen LogP contribution in [0.5, 0.6) is 0 Å². The number of aryl methyl sites for hydroxylation is 1. The van der Waals surface area contributed by atoms with E-state index in [-0.39, 0.29) is 12.4 Å². The summed E-state index contributed by atoms with van der Waals surface area (Å²) in [5.41, 5.74) is 2.37. The Morgan fingerprint density at radius 2 is 2.00 bits per heavy atom. The van der Waals surface area contributed by atoms with Crippen LogP contribution in [0.2, 0.25) is 0 Å². The number of nitrogens with one attached hydrogen (secondary N) is 1. The molecule has 0 aliphatic carbocycles. The second-order valence-corrected chi connectivity index (χ2v) is 5.32. The molecule has 1 aromatic carbocycles. The SMILES string of the molecule is CCCNCc1ccc(-c2ccc(Br)cc2C)o1.Cl. The summed E-state index contributed by atoms with van der Waals surface area (Å²) in [5.74, 6) is 1.93. The van der Waals surface area contributed by atoms with Crippen LogP contribution in [0.4, 0.5) is 0 Å². The van der Waals surface area contributed by atoms with Crippen molar-refractivity contribution in [1.82, 2.24) is 5.32 Å². The highest BCUT2D eigenvalue weighted by molar-refractivity contribution is 9.10. The van der Waals surface area contributed by atoms with Crippen LogP contribution in [0.15, 0.2) is 39.2 Å². The molecule has 0 unspecified atom stereocenters. The summed E-state index contributed by atoms with van der Waals surface area (Å²) in [6, 6.07) is 10.3. The summed E-state index contributed by atoms with van der Waals surface area (Å²) in [4.78, 5) is 0.